The summed E-state index contributed by atoms with van der Waals surface area (Å²) in [6.07, 6.45) is 0.427. The van der Waals surface area contributed by atoms with Crippen LogP contribution in [-0.2, 0) is 10.0 Å². The number of hydrogen-bond donors (Lipinski definition) is 3. The maximum absolute atomic E-state index is 11.9. The Morgan fingerprint density at radius 1 is 1.37 bits per heavy atom. The number of hydrogen-bond acceptors (Lipinski definition) is 4. The van der Waals surface area contributed by atoms with E-state index in [9.17, 15) is 18.3 Å². The summed E-state index contributed by atoms with van der Waals surface area (Å²) in [6, 6.07) is 5.27. The van der Waals surface area contributed by atoms with Gasteiger partial charge in [-0.05, 0) is 37.6 Å². The summed E-state index contributed by atoms with van der Waals surface area (Å²) in [4.78, 5) is 10.9. The van der Waals surface area contributed by atoms with Crippen LogP contribution in [0.5, 0.6) is 0 Å². The number of sulfonamides is 1. The number of nitrogens with one attached hydrogen (secondary N) is 1. The molecular weight excluding hydrogens is 268 g/mol. The molecule has 0 saturated carbocycles. The summed E-state index contributed by atoms with van der Waals surface area (Å²) in [5.74, 6) is -0.620. The van der Waals surface area contributed by atoms with E-state index in [1.807, 2.05) is 0 Å². The number of carbonyl (C=O) groups is 1. The van der Waals surface area contributed by atoms with Crippen LogP contribution >= 0.6 is 0 Å². The van der Waals surface area contributed by atoms with Crippen LogP contribution in [0.1, 0.15) is 30.6 Å². The van der Waals surface area contributed by atoms with E-state index in [2.05, 4.69) is 4.72 Å². The fourth-order valence-corrected chi connectivity index (χ4v) is 2.42. The molecule has 1 unspecified atom stereocenters. The second-order valence-electron chi connectivity index (χ2n) is 4.56. The molecule has 0 saturated heterocycles. The highest BCUT2D eigenvalue weighted by Gasteiger charge is 2.22. The first kappa shape index (κ1) is 15.6. The van der Waals surface area contributed by atoms with Gasteiger partial charge in [0.2, 0.25) is 15.9 Å². The largest absolute Gasteiger partial charge is 0.389 e. The maximum Gasteiger partial charge on any atom is 0.248 e. The second-order valence-corrected chi connectivity index (χ2v) is 6.33. The van der Waals surface area contributed by atoms with E-state index < -0.39 is 21.5 Å². The monoisotopic (exact) mass is 286 g/mol. The van der Waals surface area contributed by atoms with Gasteiger partial charge >= 0.3 is 0 Å². The number of carbonyl (C=O) groups excluding carboxylic acids is 1. The molecule has 1 atom stereocenters. The Labute approximate surface area is 112 Å². The van der Waals surface area contributed by atoms with Crippen molar-refractivity contribution in [2.45, 2.75) is 30.8 Å². The second kappa shape index (κ2) is 5.68. The quantitative estimate of drug-likeness (QED) is 0.695. The molecule has 7 heteroatoms. The van der Waals surface area contributed by atoms with Crippen LogP contribution in [-0.4, -0.2) is 31.6 Å². The summed E-state index contributed by atoms with van der Waals surface area (Å²) in [6.45, 7) is 3.23. The van der Waals surface area contributed by atoms with Gasteiger partial charge in [-0.3, -0.25) is 4.79 Å². The summed E-state index contributed by atoms with van der Waals surface area (Å²) in [7, 11) is -3.71. The molecule has 0 aliphatic rings. The molecule has 0 aromatic heterocycles. The van der Waals surface area contributed by atoms with Gasteiger partial charge in [-0.1, -0.05) is 6.92 Å². The van der Waals surface area contributed by atoms with Crippen molar-refractivity contribution in [3.8, 4) is 0 Å². The molecule has 0 aliphatic heterocycles. The van der Waals surface area contributed by atoms with Gasteiger partial charge in [0.15, 0.2) is 0 Å². The van der Waals surface area contributed by atoms with Gasteiger partial charge < -0.3 is 10.8 Å². The lowest BCUT2D eigenvalue weighted by Crippen LogP contribution is -2.40. The Morgan fingerprint density at radius 3 is 2.32 bits per heavy atom. The zero-order valence-electron chi connectivity index (χ0n) is 10.9. The van der Waals surface area contributed by atoms with E-state index in [4.69, 9.17) is 5.73 Å². The summed E-state index contributed by atoms with van der Waals surface area (Å²) < 4.78 is 26.2. The van der Waals surface area contributed by atoms with Crippen LogP contribution in [0.15, 0.2) is 29.2 Å². The van der Waals surface area contributed by atoms with Crippen LogP contribution in [0.4, 0.5) is 0 Å². The molecule has 0 radical (unpaired) electrons. The molecule has 0 bridgehead atoms. The van der Waals surface area contributed by atoms with Crippen LogP contribution < -0.4 is 10.5 Å². The first-order valence-electron chi connectivity index (χ1n) is 5.80. The van der Waals surface area contributed by atoms with Crippen LogP contribution in [0, 0.1) is 0 Å². The van der Waals surface area contributed by atoms with Gasteiger partial charge in [0.1, 0.15) is 0 Å². The Bertz CT molecular complexity index is 550. The molecule has 0 spiro atoms. The van der Waals surface area contributed by atoms with Crippen molar-refractivity contribution in [2.24, 2.45) is 5.73 Å². The fraction of sp³-hybridized carbons (Fsp3) is 0.417. The molecule has 1 rings (SSSR count). The fourth-order valence-electron chi connectivity index (χ4n) is 1.26. The number of primary amides is 1. The zero-order chi connectivity index (χ0) is 14.7. The standard InChI is InChI=1S/C12H18N2O4S/c1-3-12(2,16)8-14-19(17,18)10-6-4-9(5-7-10)11(13)15/h4-7,14,16H,3,8H2,1-2H3,(H2,13,15). The highest BCUT2D eigenvalue weighted by molar-refractivity contribution is 7.89. The number of nitrogens with two attached hydrogens (primary N) is 1. The molecule has 1 aromatic carbocycles. The molecule has 6 nitrogen and oxygen atoms in total. The first-order chi connectivity index (χ1) is 8.68. The molecule has 106 valence electrons. The highest BCUT2D eigenvalue weighted by atomic mass is 32.2. The van der Waals surface area contributed by atoms with E-state index in [1.54, 1.807) is 13.8 Å². The van der Waals surface area contributed by atoms with Gasteiger partial charge in [-0.15, -0.1) is 0 Å². The van der Waals surface area contributed by atoms with Gasteiger partial charge in [-0.25, -0.2) is 13.1 Å². The molecule has 0 aliphatic carbocycles. The van der Waals surface area contributed by atoms with E-state index in [1.165, 1.54) is 24.3 Å². The molecule has 0 heterocycles. The molecule has 1 aromatic rings. The minimum atomic E-state index is -3.71. The third kappa shape index (κ3) is 4.30. The van der Waals surface area contributed by atoms with Crippen molar-refractivity contribution in [1.82, 2.24) is 4.72 Å². The van der Waals surface area contributed by atoms with Gasteiger partial charge in [0.05, 0.1) is 10.5 Å². The predicted octanol–water partition coefficient (Wildman–Crippen LogP) is 0.225. The minimum Gasteiger partial charge on any atom is -0.389 e. The maximum atomic E-state index is 11.9. The van der Waals surface area contributed by atoms with Gasteiger partial charge in [-0.2, -0.15) is 0 Å². The lowest BCUT2D eigenvalue weighted by Gasteiger charge is -2.21. The third-order valence-corrected chi connectivity index (χ3v) is 4.27. The van der Waals surface area contributed by atoms with E-state index in [0.29, 0.717) is 6.42 Å². The SMILES string of the molecule is CCC(C)(O)CNS(=O)(=O)c1ccc(C(N)=O)cc1. The Morgan fingerprint density at radius 2 is 1.89 bits per heavy atom. The van der Waals surface area contributed by atoms with Gasteiger partial charge in [0, 0.05) is 12.1 Å². The van der Waals surface area contributed by atoms with Crippen molar-refractivity contribution >= 4 is 15.9 Å². The average Bonchev–Trinajstić information content (AvgIpc) is 2.37. The van der Waals surface area contributed by atoms with E-state index in [0.717, 1.165) is 0 Å². The number of amides is 1. The predicted molar refractivity (Wildman–Crippen MR) is 71.1 cm³/mol. The highest BCUT2D eigenvalue weighted by Crippen LogP contribution is 2.12. The molecule has 19 heavy (non-hydrogen) atoms. The normalized spacial score (nSPS) is 14.9. The Hall–Kier alpha value is -1.44. The topological polar surface area (TPSA) is 109 Å². The van der Waals surface area contributed by atoms with Crippen molar-refractivity contribution in [2.75, 3.05) is 6.54 Å². The first-order valence-corrected chi connectivity index (χ1v) is 7.28. The van der Waals surface area contributed by atoms with Crippen LogP contribution in [0.3, 0.4) is 0 Å². The number of rotatable bonds is 6. The lowest BCUT2D eigenvalue weighted by atomic mass is 10.1. The van der Waals surface area contributed by atoms with Crippen LogP contribution in [0.2, 0.25) is 0 Å². The average molecular weight is 286 g/mol. The summed E-state index contributed by atoms with van der Waals surface area (Å²) >= 11 is 0. The van der Waals surface area contributed by atoms with Crippen molar-refractivity contribution < 1.29 is 18.3 Å². The minimum absolute atomic E-state index is 0.0180. The van der Waals surface area contributed by atoms with Gasteiger partial charge in [0.25, 0.3) is 0 Å². The van der Waals surface area contributed by atoms with Crippen LogP contribution in [0.25, 0.3) is 0 Å². The number of benzene rings is 1. The Kier molecular flexibility index (Phi) is 4.67. The number of aliphatic hydroxyl groups is 1. The molecule has 1 amide bonds. The smallest absolute Gasteiger partial charge is 0.248 e. The third-order valence-electron chi connectivity index (χ3n) is 2.85. The lowest BCUT2D eigenvalue weighted by molar-refractivity contribution is 0.0613. The summed E-state index contributed by atoms with van der Waals surface area (Å²) in [5.41, 5.74) is 4.21. The van der Waals surface area contributed by atoms with Crippen molar-refractivity contribution in [3.63, 3.8) is 0 Å². The molecule has 0 fully saturated rings. The molecular formula is C12H18N2O4S. The molecule has 4 N–H and O–H groups in total. The van der Waals surface area contributed by atoms with Crippen molar-refractivity contribution in [3.05, 3.63) is 29.8 Å². The van der Waals surface area contributed by atoms with E-state index >= 15 is 0 Å². The summed E-state index contributed by atoms with van der Waals surface area (Å²) in [5, 5.41) is 9.76. The van der Waals surface area contributed by atoms with Crippen molar-refractivity contribution in [1.29, 1.82) is 0 Å². The zero-order valence-corrected chi connectivity index (χ0v) is 11.7. The Balaban J connectivity index is 2.86. The van der Waals surface area contributed by atoms with E-state index in [-0.39, 0.29) is 17.0 Å².